The Bertz CT molecular complexity index is 848. The second kappa shape index (κ2) is 4.59. The van der Waals surface area contributed by atoms with Gasteiger partial charge < -0.3 is 5.73 Å². The van der Waals surface area contributed by atoms with Crippen molar-refractivity contribution in [2.24, 2.45) is 0 Å². The second-order valence-corrected chi connectivity index (χ2v) is 4.45. The van der Waals surface area contributed by atoms with Crippen LogP contribution in [0, 0.1) is 18.3 Å². The first-order valence-electron chi connectivity index (χ1n) is 6.08. The number of nitriles is 1. The molecule has 0 atom stereocenters. The van der Waals surface area contributed by atoms with Crippen LogP contribution in [0.15, 0.2) is 36.5 Å². The number of nitrogen functional groups attached to an aromatic ring is 1. The van der Waals surface area contributed by atoms with Gasteiger partial charge in [-0.2, -0.15) is 5.26 Å². The van der Waals surface area contributed by atoms with E-state index >= 15 is 0 Å². The monoisotopic (exact) mass is 261 g/mol. The topological polar surface area (TPSA) is 88.5 Å². The summed E-state index contributed by atoms with van der Waals surface area (Å²) in [6, 6.07) is 11.7. The fraction of sp³-hybridized carbons (Fsp3) is 0.0667. The number of aryl methyl sites for hydroxylation is 1. The Balaban J connectivity index is 2.20. The molecular formula is C15H11N5. The summed E-state index contributed by atoms with van der Waals surface area (Å²) in [5.74, 6) is 0.598. The van der Waals surface area contributed by atoms with Crippen LogP contribution in [0.1, 0.15) is 11.1 Å². The first-order valence-corrected chi connectivity index (χ1v) is 6.08. The number of nitrogens with zero attached hydrogens (tertiary/aromatic N) is 4. The minimum Gasteiger partial charge on any atom is -0.382 e. The van der Waals surface area contributed by atoms with E-state index in [0.29, 0.717) is 11.5 Å². The van der Waals surface area contributed by atoms with Crippen molar-refractivity contribution < 1.29 is 0 Å². The molecule has 0 amide bonds. The van der Waals surface area contributed by atoms with E-state index < -0.39 is 0 Å². The van der Waals surface area contributed by atoms with Crippen LogP contribution in [0.25, 0.3) is 22.4 Å². The standard InChI is InChI=1S/C15H11N5/c1-9-6-13(19-12-5-3-2-4-11(9)12)15-18-8-10(7-16)14(17)20-15/h2-6,8H,1H3,(H2,17,18,20). The Morgan fingerprint density at radius 2 is 2.00 bits per heavy atom. The largest absolute Gasteiger partial charge is 0.382 e. The van der Waals surface area contributed by atoms with Crippen LogP contribution < -0.4 is 5.73 Å². The van der Waals surface area contributed by atoms with Gasteiger partial charge in [0.15, 0.2) is 5.82 Å². The van der Waals surface area contributed by atoms with E-state index in [0.717, 1.165) is 16.5 Å². The van der Waals surface area contributed by atoms with Crippen LogP contribution in [0.4, 0.5) is 5.82 Å². The molecule has 0 aliphatic carbocycles. The number of hydrogen-bond acceptors (Lipinski definition) is 5. The highest BCUT2D eigenvalue weighted by Gasteiger charge is 2.09. The Labute approximate surface area is 115 Å². The van der Waals surface area contributed by atoms with Gasteiger partial charge in [-0.3, -0.25) is 0 Å². The molecule has 0 bridgehead atoms. The number of benzene rings is 1. The smallest absolute Gasteiger partial charge is 0.180 e. The average molecular weight is 261 g/mol. The lowest BCUT2D eigenvalue weighted by Crippen LogP contribution is -2.00. The van der Waals surface area contributed by atoms with Crippen LogP contribution in [0.5, 0.6) is 0 Å². The predicted molar refractivity (Wildman–Crippen MR) is 76.6 cm³/mol. The highest BCUT2D eigenvalue weighted by Crippen LogP contribution is 2.22. The zero-order valence-corrected chi connectivity index (χ0v) is 10.8. The van der Waals surface area contributed by atoms with E-state index in [9.17, 15) is 0 Å². The molecule has 5 nitrogen and oxygen atoms in total. The second-order valence-electron chi connectivity index (χ2n) is 4.45. The zero-order chi connectivity index (χ0) is 14.1. The lowest BCUT2D eigenvalue weighted by Gasteiger charge is -2.06. The fourth-order valence-electron chi connectivity index (χ4n) is 2.07. The fourth-order valence-corrected chi connectivity index (χ4v) is 2.07. The third-order valence-corrected chi connectivity index (χ3v) is 3.09. The van der Waals surface area contributed by atoms with E-state index in [1.54, 1.807) is 0 Å². The molecule has 0 saturated heterocycles. The molecule has 0 fully saturated rings. The maximum atomic E-state index is 8.84. The first-order chi connectivity index (χ1) is 9.69. The maximum Gasteiger partial charge on any atom is 0.180 e. The molecule has 0 radical (unpaired) electrons. The third-order valence-electron chi connectivity index (χ3n) is 3.09. The van der Waals surface area contributed by atoms with Crippen LogP contribution >= 0.6 is 0 Å². The van der Waals surface area contributed by atoms with Crippen molar-refractivity contribution in [1.82, 2.24) is 15.0 Å². The van der Waals surface area contributed by atoms with Gasteiger partial charge in [0.1, 0.15) is 23.1 Å². The molecule has 0 aliphatic rings. The van der Waals surface area contributed by atoms with Crippen LogP contribution in [-0.4, -0.2) is 15.0 Å². The molecule has 2 aromatic heterocycles. The summed E-state index contributed by atoms with van der Waals surface area (Å²) in [4.78, 5) is 12.8. The molecule has 5 heteroatoms. The maximum absolute atomic E-state index is 8.84. The van der Waals surface area contributed by atoms with Gasteiger partial charge in [-0.1, -0.05) is 18.2 Å². The molecule has 0 aliphatic heterocycles. The molecule has 2 N–H and O–H groups in total. The lowest BCUT2D eigenvalue weighted by molar-refractivity contribution is 1.14. The molecular weight excluding hydrogens is 250 g/mol. The van der Waals surface area contributed by atoms with Crippen molar-refractivity contribution in [1.29, 1.82) is 5.26 Å². The highest BCUT2D eigenvalue weighted by atomic mass is 15.0. The van der Waals surface area contributed by atoms with Gasteiger partial charge in [0.2, 0.25) is 0 Å². The van der Waals surface area contributed by atoms with Crippen molar-refractivity contribution in [3.63, 3.8) is 0 Å². The minimum absolute atomic E-state index is 0.171. The molecule has 0 unspecified atom stereocenters. The zero-order valence-electron chi connectivity index (χ0n) is 10.8. The number of para-hydroxylation sites is 1. The van der Waals surface area contributed by atoms with Gasteiger partial charge >= 0.3 is 0 Å². The van der Waals surface area contributed by atoms with Gasteiger partial charge in [0.25, 0.3) is 0 Å². The van der Waals surface area contributed by atoms with Crippen LogP contribution in [0.2, 0.25) is 0 Å². The Morgan fingerprint density at radius 3 is 2.75 bits per heavy atom. The molecule has 2 heterocycles. The van der Waals surface area contributed by atoms with Gasteiger partial charge in [-0.05, 0) is 24.6 Å². The summed E-state index contributed by atoms with van der Waals surface area (Å²) >= 11 is 0. The normalized spacial score (nSPS) is 10.4. The van der Waals surface area contributed by atoms with Gasteiger partial charge in [-0.15, -0.1) is 0 Å². The number of hydrogen-bond donors (Lipinski definition) is 1. The summed E-state index contributed by atoms with van der Waals surface area (Å²) < 4.78 is 0. The van der Waals surface area contributed by atoms with Crippen LogP contribution in [0.3, 0.4) is 0 Å². The Kier molecular flexibility index (Phi) is 2.77. The summed E-state index contributed by atoms with van der Waals surface area (Å²) in [7, 11) is 0. The van der Waals surface area contributed by atoms with Gasteiger partial charge in [-0.25, -0.2) is 15.0 Å². The third kappa shape index (κ3) is 1.93. The molecule has 20 heavy (non-hydrogen) atoms. The predicted octanol–water partition coefficient (Wildman–Crippen LogP) is 2.45. The van der Waals surface area contributed by atoms with E-state index in [1.807, 2.05) is 43.3 Å². The first kappa shape index (κ1) is 12.1. The summed E-state index contributed by atoms with van der Waals surface area (Å²) in [6.07, 6.45) is 1.42. The molecule has 3 aromatic rings. The molecule has 3 rings (SSSR count). The Hall–Kier alpha value is -3.00. The van der Waals surface area contributed by atoms with E-state index in [2.05, 4.69) is 15.0 Å². The lowest BCUT2D eigenvalue weighted by atomic mass is 10.1. The highest BCUT2D eigenvalue weighted by molar-refractivity contribution is 5.84. The van der Waals surface area contributed by atoms with Crippen LogP contribution in [-0.2, 0) is 0 Å². The minimum atomic E-state index is 0.171. The number of rotatable bonds is 1. The quantitative estimate of drug-likeness (QED) is 0.726. The number of nitrogens with two attached hydrogens (primary N) is 1. The van der Waals surface area contributed by atoms with E-state index in [4.69, 9.17) is 11.0 Å². The molecule has 0 spiro atoms. The number of fused-ring (bicyclic) bond motifs is 1. The Morgan fingerprint density at radius 1 is 1.20 bits per heavy atom. The number of pyridine rings is 1. The van der Waals surface area contributed by atoms with E-state index in [1.165, 1.54) is 6.20 Å². The molecule has 0 saturated carbocycles. The van der Waals surface area contributed by atoms with Gasteiger partial charge in [0, 0.05) is 5.39 Å². The SMILES string of the molecule is Cc1cc(-c2ncc(C#N)c(N)n2)nc2ccccc12. The number of anilines is 1. The molecule has 1 aromatic carbocycles. The van der Waals surface area contributed by atoms with Crippen molar-refractivity contribution >= 4 is 16.7 Å². The average Bonchev–Trinajstić information content (AvgIpc) is 2.47. The molecule has 96 valence electrons. The van der Waals surface area contributed by atoms with Gasteiger partial charge in [0.05, 0.1) is 11.7 Å². The van der Waals surface area contributed by atoms with Crippen molar-refractivity contribution in [2.45, 2.75) is 6.92 Å². The van der Waals surface area contributed by atoms with Crippen molar-refractivity contribution in [3.05, 3.63) is 47.7 Å². The summed E-state index contributed by atoms with van der Waals surface area (Å²) in [6.45, 7) is 2.01. The van der Waals surface area contributed by atoms with E-state index in [-0.39, 0.29) is 11.4 Å². The number of aromatic nitrogens is 3. The van der Waals surface area contributed by atoms with Crippen molar-refractivity contribution in [3.8, 4) is 17.6 Å². The van der Waals surface area contributed by atoms with Crippen molar-refractivity contribution in [2.75, 3.05) is 5.73 Å². The summed E-state index contributed by atoms with van der Waals surface area (Å²) in [5, 5.41) is 9.93. The summed E-state index contributed by atoms with van der Waals surface area (Å²) in [5.41, 5.74) is 8.62.